The van der Waals surface area contributed by atoms with Crippen molar-refractivity contribution in [3.63, 3.8) is 0 Å². The van der Waals surface area contributed by atoms with Gasteiger partial charge in [0, 0.05) is 6.54 Å². The van der Waals surface area contributed by atoms with Crippen molar-refractivity contribution in [3.8, 4) is 5.75 Å². The van der Waals surface area contributed by atoms with E-state index in [-0.39, 0.29) is 21.2 Å². The molecule has 174 valence electrons. The van der Waals surface area contributed by atoms with Gasteiger partial charge in [-0.15, -0.1) is 0 Å². The van der Waals surface area contributed by atoms with Crippen LogP contribution in [-0.4, -0.2) is 30.0 Å². The van der Waals surface area contributed by atoms with Gasteiger partial charge >= 0.3 is 0 Å². The zero-order chi connectivity index (χ0) is 23.6. The predicted octanol–water partition coefficient (Wildman–Crippen LogP) is 4.34. The Hall–Kier alpha value is -3.04. The molecule has 0 saturated carbocycles. The number of anilines is 2. The monoisotopic (exact) mass is 486 g/mol. The van der Waals surface area contributed by atoms with Gasteiger partial charge in [0.25, 0.3) is 20.0 Å². The van der Waals surface area contributed by atoms with Crippen molar-refractivity contribution in [1.29, 1.82) is 0 Å². The van der Waals surface area contributed by atoms with E-state index in [9.17, 15) is 16.8 Å². The summed E-state index contributed by atoms with van der Waals surface area (Å²) in [6.07, 6.45) is 1.40. The van der Waals surface area contributed by atoms with Crippen LogP contribution in [0, 0.1) is 6.92 Å². The first-order valence-corrected chi connectivity index (χ1v) is 13.6. The number of hydrogen-bond acceptors (Lipinski definition) is 5. The molecule has 1 aliphatic heterocycles. The molecule has 1 N–H and O–H groups in total. The van der Waals surface area contributed by atoms with E-state index in [2.05, 4.69) is 4.72 Å². The summed E-state index contributed by atoms with van der Waals surface area (Å²) < 4.78 is 62.4. The number of hydrogen-bond donors (Lipinski definition) is 1. The minimum atomic E-state index is -3.96. The zero-order valence-electron chi connectivity index (χ0n) is 18.5. The van der Waals surface area contributed by atoms with E-state index < -0.39 is 20.0 Å². The molecule has 0 bridgehead atoms. The third-order valence-electron chi connectivity index (χ3n) is 5.43. The largest absolute Gasteiger partial charge is 0.492 e. The molecule has 9 heteroatoms. The van der Waals surface area contributed by atoms with Gasteiger partial charge < -0.3 is 4.74 Å². The average molecular weight is 487 g/mol. The topological polar surface area (TPSA) is 92.8 Å². The lowest BCUT2D eigenvalue weighted by Crippen LogP contribution is -2.35. The Balaban J connectivity index is 1.72. The van der Waals surface area contributed by atoms with Gasteiger partial charge in [-0.05, 0) is 74.2 Å². The molecule has 0 aromatic heterocycles. The van der Waals surface area contributed by atoms with Crippen molar-refractivity contribution in [3.05, 3.63) is 77.9 Å². The highest BCUT2D eigenvalue weighted by Crippen LogP contribution is 2.35. The summed E-state index contributed by atoms with van der Waals surface area (Å²) in [5.41, 5.74) is 2.41. The van der Waals surface area contributed by atoms with Crippen LogP contribution in [-0.2, 0) is 26.5 Å². The van der Waals surface area contributed by atoms with Crippen molar-refractivity contribution in [1.82, 2.24) is 0 Å². The maximum absolute atomic E-state index is 13.3. The Bertz CT molecular complexity index is 1370. The zero-order valence-corrected chi connectivity index (χ0v) is 20.1. The van der Waals surface area contributed by atoms with Gasteiger partial charge in [0.2, 0.25) is 0 Å². The summed E-state index contributed by atoms with van der Waals surface area (Å²) in [7, 11) is -7.73. The molecular weight excluding hydrogens is 460 g/mol. The molecule has 0 amide bonds. The summed E-state index contributed by atoms with van der Waals surface area (Å²) in [6.45, 7) is 4.25. The Morgan fingerprint density at radius 2 is 1.73 bits per heavy atom. The van der Waals surface area contributed by atoms with Gasteiger partial charge in [-0.25, -0.2) is 16.8 Å². The van der Waals surface area contributed by atoms with E-state index in [4.69, 9.17) is 4.74 Å². The minimum Gasteiger partial charge on any atom is -0.492 e. The molecule has 33 heavy (non-hydrogen) atoms. The third kappa shape index (κ3) is 4.69. The van der Waals surface area contributed by atoms with Gasteiger partial charge in [-0.2, -0.15) is 0 Å². The second kappa shape index (κ2) is 9.07. The molecule has 0 atom stereocenters. The molecule has 4 rings (SSSR count). The van der Waals surface area contributed by atoms with Crippen LogP contribution in [0.15, 0.2) is 76.5 Å². The predicted molar refractivity (Wildman–Crippen MR) is 129 cm³/mol. The smallest absolute Gasteiger partial charge is 0.265 e. The van der Waals surface area contributed by atoms with Gasteiger partial charge in [0.15, 0.2) is 0 Å². The van der Waals surface area contributed by atoms with E-state index >= 15 is 0 Å². The highest BCUT2D eigenvalue weighted by atomic mass is 32.2. The highest BCUT2D eigenvalue weighted by molar-refractivity contribution is 7.93. The first-order valence-electron chi connectivity index (χ1n) is 10.7. The minimum absolute atomic E-state index is 0.0378. The van der Waals surface area contributed by atoms with E-state index in [1.807, 2.05) is 0 Å². The van der Waals surface area contributed by atoms with Gasteiger partial charge in [0.05, 0.1) is 22.9 Å². The number of aryl methyl sites for hydroxylation is 2. The molecule has 0 fully saturated rings. The van der Waals surface area contributed by atoms with Crippen LogP contribution < -0.4 is 13.8 Å². The van der Waals surface area contributed by atoms with Gasteiger partial charge in [0.1, 0.15) is 10.6 Å². The van der Waals surface area contributed by atoms with Gasteiger partial charge in [-0.3, -0.25) is 9.03 Å². The van der Waals surface area contributed by atoms with E-state index in [1.54, 1.807) is 80.6 Å². The third-order valence-corrected chi connectivity index (χ3v) is 8.66. The Labute approximate surface area is 195 Å². The molecule has 3 aromatic carbocycles. The van der Waals surface area contributed by atoms with Crippen molar-refractivity contribution in [2.45, 2.75) is 36.5 Å². The maximum atomic E-state index is 13.3. The standard InChI is InChI=1S/C24H26N2O5S2/c1-3-31-23-14-11-18(2)16-24(23)32(27,28)25-20-13-12-19-8-7-15-26(22(19)17-20)33(29,30)21-9-5-4-6-10-21/h4-6,9-14,16-17,25H,3,7-8,15H2,1-2H3. The number of nitrogens with zero attached hydrogens (tertiary/aromatic N) is 1. The van der Waals surface area contributed by atoms with Crippen molar-refractivity contribution in [2.24, 2.45) is 0 Å². The van der Waals surface area contributed by atoms with Crippen LogP contribution in [0.4, 0.5) is 11.4 Å². The Morgan fingerprint density at radius 3 is 2.45 bits per heavy atom. The fourth-order valence-electron chi connectivity index (χ4n) is 3.88. The van der Waals surface area contributed by atoms with Crippen LogP contribution >= 0.6 is 0 Å². The quantitative estimate of drug-likeness (QED) is 0.536. The second-order valence-electron chi connectivity index (χ2n) is 7.83. The van der Waals surface area contributed by atoms with Crippen molar-refractivity contribution in [2.75, 3.05) is 22.2 Å². The lowest BCUT2D eigenvalue weighted by molar-refractivity contribution is 0.331. The van der Waals surface area contributed by atoms with E-state index in [0.717, 1.165) is 17.5 Å². The molecule has 0 saturated heterocycles. The van der Waals surface area contributed by atoms with Crippen LogP contribution in [0.2, 0.25) is 0 Å². The summed E-state index contributed by atoms with van der Waals surface area (Å²) in [4.78, 5) is 0.237. The first-order chi connectivity index (χ1) is 15.7. The average Bonchev–Trinajstić information content (AvgIpc) is 2.80. The van der Waals surface area contributed by atoms with Crippen molar-refractivity contribution < 1.29 is 21.6 Å². The maximum Gasteiger partial charge on any atom is 0.265 e. The summed E-state index contributed by atoms with van der Waals surface area (Å²) in [6, 6.07) is 18.2. The van der Waals surface area contributed by atoms with Crippen molar-refractivity contribution >= 4 is 31.4 Å². The first kappa shape index (κ1) is 23.1. The van der Waals surface area contributed by atoms with E-state index in [0.29, 0.717) is 25.3 Å². The van der Waals surface area contributed by atoms with Crippen LogP contribution in [0.1, 0.15) is 24.5 Å². The van der Waals surface area contributed by atoms with Crippen LogP contribution in [0.25, 0.3) is 0 Å². The molecule has 1 heterocycles. The lowest BCUT2D eigenvalue weighted by Gasteiger charge is -2.31. The number of rotatable bonds is 7. The Morgan fingerprint density at radius 1 is 0.970 bits per heavy atom. The highest BCUT2D eigenvalue weighted by Gasteiger charge is 2.30. The fraction of sp³-hybridized carbons (Fsp3) is 0.250. The molecule has 0 unspecified atom stereocenters. The summed E-state index contributed by atoms with van der Waals surface area (Å²) >= 11 is 0. The molecule has 0 aliphatic carbocycles. The Kier molecular flexibility index (Phi) is 6.36. The molecule has 0 radical (unpaired) electrons. The SMILES string of the molecule is CCOc1ccc(C)cc1S(=O)(=O)Nc1ccc2c(c1)N(S(=O)(=O)c1ccccc1)CCC2. The molecule has 1 aliphatic rings. The number of ether oxygens (including phenoxy) is 1. The second-order valence-corrected chi connectivity index (χ2v) is 11.3. The molecule has 3 aromatic rings. The number of benzene rings is 3. The fourth-order valence-corrected chi connectivity index (χ4v) is 6.72. The van der Waals surface area contributed by atoms with Gasteiger partial charge in [-0.1, -0.05) is 30.3 Å². The lowest BCUT2D eigenvalue weighted by atomic mass is 10.0. The molecular formula is C24H26N2O5S2. The molecule has 7 nitrogen and oxygen atoms in total. The number of fused-ring (bicyclic) bond motifs is 1. The van der Waals surface area contributed by atoms with Crippen LogP contribution in [0.3, 0.4) is 0 Å². The number of nitrogens with one attached hydrogen (secondary N) is 1. The van der Waals surface area contributed by atoms with Crippen LogP contribution in [0.5, 0.6) is 5.75 Å². The normalized spacial score (nSPS) is 13.9. The van der Waals surface area contributed by atoms with E-state index in [1.165, 1.54) is 4.31 Å². The summed E-state index contributed by atoms with van der Waals surface area (Å²) in [5.74, 6) is 0.266. The molecule has 0 spiro atoms. The number of sulfonamides is 2. The summed E-state index contributed by atoms with van der Waals surface area (Å²) in [5, 5.41) is 0.